The number of rotatable bonds is 7. The van der Waals surface area contributed by atoms with Crippen molar-refractivity contribution in [2.45, 2.75) is 27.7 Å². The molecule has 0 spiro atoms. The second-order valence-electron chi connectivity index (χ2n) is 5.83. The number of carbonyl (C=O) groups excluding carboxylic acids is 2. The maximum atomic E-state index is 12.6. The molecule has 0 amide bonds. The molecule has 0 aliphatic carbocycles. The van der Waals surface area contributed by atoms with Gasteiger partial charge in [-0.3, -0.25) is 4.79 Å². The maximum absolute atomic E-state index is 12.6. The molecule has 0 bridgehead atoms. The van der Waals surface area contributed by atoms with Crippen molar-refractivity contribution in [3.8, 4) is 11.5 Å². The monoisotopic (exact) mass is 391 g/mol. The molecule has 144 valence electrons. The average Bonchev–Trinajstić information content (AvgIpc) is 2.92. The summed E-state index contributed by atoms with van der Waals surface area (Å²) >= 11 is 5.99. The minimum absolute atomic E-state index is 0.129. The summed E-state index contributed by atoms with van der Waals surface area (Å²) in [7, 11) is 0. The molecule has 2 aromatic rings. The first-order valence-electron chi connectivity index (χ1n) is 8.54. The molecule has 1 aromatic carbocycles. The summed E-state index contributed by atoms with van der Waals surface area (Å²) in [5.41, 5.74) is 2.41. The fraction of sp³-hybridized carbons (Fsp3) is 0.300. The van der Waals surface area contributed by atoms with E-state index in [-0.39, 0.29) is 28.9 Å². The predicted octanol–water partition coefficient (Wildman–Crippen LogP) is 4.46. The number of aromatic amines is 1. The minimum Gasteiger partial charge on any atom is -0.503 e. The Morgan fingerprint density at radius 3 is 2.56 bits per heavy atom. The number of nitrogens with one attached hydrogen (secondary N) is 1. The van der Waals surface area contributed by atoms with E-state index < -0.39 is 5.97 Å². The zero-order chi connectivity index (χ0) is 20.1. The molecule has 1 heterocycles. The first-order chi connectivity index (χ1) is 12.8. The molecule has 0 fully saturated rings. The lowest BCUT2D eigenvalue weighted by Crippen LogP contribution is -2.07. The highest BCUT2D eigenvalue weighted by Crippen LogP contribution is 2.35. The van der Waals surface area contributed by atoms with Crippen LogP contribution in [-0.4, -0.2) is 35.1 Å². The van der Waals surface area contributed by atoms with Gasteiger partial charge in [-0.05, 0) is 57.0 Å². The summed E-state index contributed by atoms with van der Waals surface area (Å²) in [5.74, 6) is -0.655. The van der Waals surface area contributed by atoms with E-state index in [0.29, 0.717) is 34.7 Å². The maximum Gasteiger partial charge on any atom is 0.340 e. The van der Waals surface area contributed by atoms with Gasteiger partial charge in [-0.2, -0.15) is 0 Å². The molecule has 2 N–H and O–H groups in total. The highest BCUT2D eigenvalue weighted by Gasteiger charge is 2.21. The van der Waals surface area contributed by atoms with Gasteiger partial charge in [-0.1, -0.05) is 17.7 Å². The van der Waals surface area contributed by atoms with Gasteiger partial charge in [-0.15, -0.1) is 0 Å². The van der Waals surface area contributed by atoms with E-state index in [1.165, 1.54) is 12.1 Å². The van der Waals surface area contributed by atoms with Crippen LogP contribution in [0.5, 0.6) is 11.5 Å². The van der Waals surface area contributed by atoms with Gasteiger partial charge in [-0.25, -0.2) is 4.79 Å². The summed E-state index contributed by atoms with van der Waals surface area (Å²) in [6, 6.07) is 3.12. The fourth-order valence-corrected chi connectivity index (χ4v) is 2.94. The smallest absolute Gasteiger partial charge is 0.340 e. The molecule has 6 nitrogen and oxygen atoms in total. The van der Waals surface area contributed by atoms with Crippen molar-refractivity contribution in [2.75, 3.05) is 13.2 Å². The lowest BCUT2D eigenvalue weighted by atomic mass is 10.1. The number of phenols is 1. The molecule has 0 saturated carbocycles. The van der Waals surface area contributed by atoms with Crippen molar-refractivity contribution in [3.63, 3.8) is 0 Å². The van der Waals surface area contributed by atoms with E-state index >= 15 is 0 Å². The normalized spacial score (nSPS) is 11.0. The van der Waals surface area contributed by atoms with Gasteiger partial charge in [0.25, 0.3) is 0 Å². The van der Waals surface area contributed by atoms with Crippen molar-refractivity contribution < 1.29 is 24.2 Å². The Labute approximate surface area is 162 Å². The number of esters is 1. The topological polar surface area (TPSA) is 88.6 Å². The van der Waals surface area contributed by atoms with Gasteiger partial charge >= 0.3 is 5.97 Å². The van der Waals surface area contributed by atoms with Crippen LogP contribution in [-0.2, 0) is 4.74 Å². The number of benzene rings is 1. The number of aromatic hydroxyl groups is 1. The third-order valence-corrected chi connectivity index (χ3v) is 4.23. The number of H-pyrrole nitrogens is 1. The second-order valence-corrected chi connectivity index (χ2v) is 6.23. The number of aryl methyl sites for hydroxylation is 1. The summed E-state index contributed by atoms with van der Waals surface area (Å²) in [5, 5.41) is 10.0. The number of hydrogen-bond acceptors (Lipinski definition) is 5. The van der Waals surface area contributed by atoms with Crippen LogP contribution in [0, 0.1) is 13.8 Å². The van der Waals surface area contributed by atoms with Crippen LogP contribution in [0.3, 0.4) is 0 Å². The number of aromatic nitrogens is 1. The largest absolute Gasteiger partial charge is 0.503 e. The summed E-state index contributed by atoms with van der Waals surface area (Å²) in [4.78, 5) is 27.6. The zero-order valence-corrected chi connectivity index (χ0v) is 16.4. The molecule has 0 radical (unpaired) electrons. The lowest BCUT2D eigenvalue weighted by Gasteiger charge is -2.08. The first kappa shape index (κ1) is 20.6. The molecule has 1 aromatic heterocycles. The second kappa shape index (κ2) is 8.77. The predicted molar refractivity (Wildman–Crippen MR) is 104 cm³/mol. The van der Waals surface area contributed by atoms with Crippen molar-refractivity contribution in [1.29, 1.82) is 0 Å². The number of carbonyl (C=O) groups is 2. The van der Waals surface area contributed by atoms with E-state index in [1.54, 1.807) is 39.8 Å². The first-order valence-corrected chi connectivity index (χ1v) is 8.91. The average molecular weight is 392 g/mol. The van der Waals surface area contributed by atoms with Crippen LogP contribution in [0.1, 0.15) is 51.5 Å². The Morgan fingerprint density at radius 2 is 1.93 bits per heavy atom. The number of phenolic OH excluding ortho intramolecular Hbond substituents is 1. The van der Waals surface area contributed by atoms with E-state index in [9.17, 15) is 14.7 Å². The van der Waals surface area contributed by atoms with Crippen LogP contribution in [0.2, 0.25) is 5.02 Å². The highest BCUT2D eigenvalue weighted by atomic mass is 35.5. The van der Waals surface area contributed by atoms with Crippen LogP contribution in [0.25, 0.3) is 6.08 Å². The van der Waals surface area contributed by atoms with Gasteiger partial charge in [0.2, 0.25) is 5.78 Å². The third-order valence-electron chi connectivity index (χ3n) is 3.94. The molecule has 27 heavy (non-hydrogen) atoms. The van der Waals surface area contributed by atoms with E-state index in [4.69, 9.17) is 21.1 Å². The highest BCUT2D eigenvalue weighted by molar-refractivity contribution is 6.32. The molecular weight excluding hydrogens is 370 g/mol. The number of ether oxygens (including phenoxy) is 2. The lowest BCUT2D eigenvalue weighted by molar-refractivity contribution is 0.0525. The van der Waals surface area contributed by atoms with E-state index in [2.05, 4.69) is 4.98 Å². The summed E-state index contributed by atoms with van der Waals surface area (Å²) in [6.07, 6.45) is 2.93. The van der Waals surface area contributed by atoms with Gasteiger partial charge in [0.1, 0.15) is 0 Å². The molecule has 2 rings (SSSR count). The molecular formula is C20H22ClNO5. The van der Waals surface area contributed by atoms with Gasteiger partial charge < -0.3 is 19.6 Å². The Bertz CT molecular complexity index is 898. The minimum atomic E-state index is -0.460. The fourth-order valence-electron chi connectivity index (χ4n) is 2.72. The van der Waals surface area contributed by atoms with Crippen LogP contribution >= 0.6 is 11.6 Å². The van der Waals surface area contributed by atoms with Gasteiger partial charge in [0.15, 0.2) is 11.5 Å². The number of allylic oxidation sites excluding steroid dienone is 1. The Morgan fingerprint density at radius 1 is 1.22 bits per heavy atom. The third kappa shape index (κ3) is 4.52. The number of halogens is 1. The van der Waals surface area contributed by atoms with Crippen molar-refractivity contribution in [2.24, 2.45) is 0 Å². The number of ketones is 1. The van der Waals surface area contributed by atoms with Crippen LogP contribution in [0.4, 0.5) is 0 Å². The van der Waals surface area contributed by atoms with E-state index in [0.717, 1.165) is 0 Å². The Balaban J connectivity index is 2.30. The van der Waals surface area contributed by atoms with Gasteiger partial charge in [0.05, 0.1) is 29.5 Å². The molecule has 0 aliphatic rings. The Hall–Kier alpha value is -2.73. The van der Waals surface area contributed by atoms with Crippen LogP contribution in [0.15, 0.2) is 18.2 Å². The standard InChI is InChI=1S/C20H22ClNO5/c1-5-26-16-10-13(9-14(21)19(16)24)7-8-15(23)18-11(3)17(12(4)22-18)20(25)27-6-2/h7-10,22,24H,5-6H2,1-4H3/b8-7+. The van der Waals surface area contributed by atoms with Crippen molar-refractivity contribution in [3.05, 3.63) is 51.3 Å². The molecule has 0 unspecified atom stereocenters. The SMILES string of the molecule is CCOC(=O)c1c(C)[nH]c(C(=O)/C=C/c2cc(Cl)c(O)c(OCC)c2)c1C. The number of hydrogen-bond donors (Lipinski definition) is 2. The molecule has 7 heteroatoms. The van der Waals surface area contributed by atoms with Crippen molar-refractivity contribution >= 4 is 29.4 Å². The quantitative estimate of drug-likeness (QED) is 0.413. The molecule has 0 saturated heterocycles. The summed E-state index contributed by atoms with van der Waals surface area (Å²) < 4.78 is 10.4. The van der Waals surface area contributed by atoms with Crippen molar-refractivity contribution in [1.82, 2.24) is 4.98 Å². The zero-order valence-electron chi connectivity index (χ0n) is 15.7. The Kier molecular flexibility index (Phi) is 6.69. The van der Waals surface area contributed by atoms with E-state index in [1.807, 2.05) is 0 Å². The van der Waals surface area contributed by atoms with Crippen LogP contribution < -0.4 is 4.74 Å². The molecule has 0 aliphatic heterocycles. The van der Waals surface area contributed by atoms with Gasteiger partial charge in [0, 0.05) is 5.69 Å². The molecule has 0 atom stereocenters. The summed E-state index contributed by atoms with van der Waals surface area (Å²) in [6.45, 7) is 7.55.